The molecule has 0 aromatic heterocycles. The topological polar surface area (TPSA) is 53.9 Å². The quantitative estimate of drug-likeness (QED) is 0.459. The predicted molar refractivity (Wildman–Crippen MR) is 110 cm³/mol. The zero-order chi connectivity index (χ0) is 18.9. The van der Waals surface area contributed by atoms with Crippen LogP contribution in [0, 0.1) is 5.92 Å². The number of nitrogens with zero attached hydrogens (tertiary/aromatic N) is 1. The van der Waals surface area contributed by atoms with Crippen LogP contribution in [0.2, 0.25) is 0 Å². The highest BCUT2D eigenvalue weighted by atomic mass is 32.2. The van der Waals surface area contributed by atoms with Crippen LogP contribution >= 0.6 is 0 Å². The molecule has 1 aliphatic heterocycles. The van der Waals surface area contributed by atoms with Crippen molar-refractivity contribution in [3.05, 3.63) is 0 Å². The molecular weight excluding hydrogens is 346 g/mol. The summed E-state index contributed by atoms with van der Waals surface area (Å²) in [5.41, 5.74) is 0. The molecule has 2 rings (SSSR count). The summed E-state index contributed by atoms with van der Waals surface area (Å²) in [4.78, 5) is 0. The summed E-state index contributed by atoms with van der Waals surface area (Å²) in [6.45, 7) is 7.25. The molecule has 2 fully saturated rings. The van der Waals surface area contributed by atoms with Gasteiger partial charge in [0.1, 0.15) is 16.1 Å². The molecule has 1 unspecified atom stereocenters. The third-order valence-corrected chi connectivity index (χ3v) is 6.96. The van der Waals surface area contributed by atoms with Gasteiger partial charge in [0.25, 0.3) is 0 Å². The van der Waals surface area contributed by atoms with Crippen LogP contribution in [0.15, 0.2) is 4.40 Å². The Hall–Kier alpha value is -0.100. The molecule has 0 N–H and O–H groups in total. The van der Waals surface area contributed by atoms with Crippen LogP contribution in [0.1, 0.15) is 97.8 Å². The van der Waals surface area contributed by atoms with Crippen LogP contribution in [0.5, 0.6) is 0 Å². The first-order chi connectivity index (χ1) is 12.4. The summed E-state index contributed by atoms with van der Waals surface area (Å²) in [5.74, 6) is 0.0353. The molecule has 0 radical (unpaired) electrons. The number of hydrogen-bond acceptors (Lipinski definition) is 4. The Morgan fingerprint density at radius 3 is 1.96 bits per heavy atom. The van der Waals surface area contributed by atoms with E-state index in [0.29, 0.717) is 19.1 Å². The molecule has 0 bridgehead atoms. The lowest BCUT2D eigenvalue weighted by Gasteiger charge is -2.36. The predicted octanol–water partition coefficient (Wildman–Crippen LogP) is 5.57. The highest BCUT2D eigenvalue weighted by Crippen LogP contribution is 2.39. The Labute approximate surface area is 163 Å². The Kier molecular flexibility index (Phi) is 9.42. The van der Waals surface area contributed by atoms with Gasteiger partial charge in [-0.1, -0.05) is 55.8 Å². The van der Waals surface area contributed by atoms with Gasteiger partial charge in [-0.05, 0) is 40.0 Å². The lowest BCUT2D eigenvalue weighted by molar-refractivity contribution is -0.202. The number of hydrogen-bond donors (Lipinski definition) is 0. The van der Waals surface area contributed by atoms with Gasteiger partial charge < -0.3 is 14.0 Å². The lowest BCUT2D eigenvalue weighted by atomic mass is 9.85. The highest BCUT2D eigenvalue weighted by molar-refractivity contribution is 7.91. The van der Waals surface area contributed by atoms with Crippen molar-refractivity contribution in [2.45, 2.75) is 108 Å². The fourth-order valence-electron chi connectivity index (χ4n) is 4.03. The van der Waals surface area contributed by atoms with Crippen LogP contribution in [-0.2, 0) is 20.8 Å². The minimum absolute atomic E-state index is 0.302. The third kappa shape index (κ3) is 7.14. The van der Waals surface area contributed by atoms with Crippen molar-refractivity contribution in [1.29, 1.82) is 0 Å². The molecule has 0 amide bonds. The van der Waals surface area contributed by atoms with Crippen LogP contribution in [0.4, 0.5) is 0 Å². The molecule has 1 saturated heterocycles. The summed E-state index contributed by atoms with van der Waals surface area (Å²) in [7, 11) is 0. The normalized spacial score (nSPS) is 25.2. The Morgan fingerprint density at radius 1 is 0.962 bits per heavy atom. The van der Waals surface area contributed by atoms with Crippen molar-refractivity contribution in [2.75, 3.05) is 13.2 Å². The summed E-state index contributed by atoms with van der Waals surface area (Å²) in [6, 6.07) is 0. The van der Waals surface area contributed by atoms with E-state index in [1.807, 2.05) is 27.0 Å². The molecule has 2 aliphatic rings. The lowest BCUT2D eigenvalue weighted by Crippen LogP contribution is -2.39. The monoisotopic (exact) mass is 385 g/mol. The smallest absolute Gasteiger partial charge is 0.171 e. The van der Waals surface area contributed by atoms with E-state index < -0.39 is 17.1 Å². The fourth-order valence-corrected chi connectivity index (χ4v) is 4.58. The van der Waals surface area contributed by atoms with Crippen LogP contribution in [0.25, 0.3) is 0 Å². The summed E-state index contributed by atoms with van der Waals surface area (Å²) >= 11 is -1.18. The zero-order valence-corrected chi connectivity index (χ0v) is 18.0. The van der Waals surface area contributed by atoms with E-state index in [4.69, 9.17) is 9.47 Å². The molecular formula is C21H39NO3S. The van der Waals surface area contributed by atoms with Crippen LogP contribution in [0.3, 0.4) is 0 Å². The molecule has 0 aromatic carbocycles. The molecule has 0 spiro atoms. The van der Waals surface area contributed by atoms with Crippen molar-refractivity contribution < 1.29 is 14.0 Å². The van der Waals surface area contributed by atoms with Gasteiger partial charge in [0.05, 0.1) is 19.4 Å². The Morgan fingerprint density at radius 2 is 1.46 bits per heavy atom. The molecule has 1 atom stereocenters. The second-order valence-corrected chi connectivity index (χ2v) is 10.7. The van der Waals surface area contributed by atoms with Gasteiger partial charge in [0.15, 0.2) is 5.79 Å². The third-order valence-electron chi connectivity index (χ3n) is 5.57. The Balaban J connectivity index is 1.94. The first-order valence-electron chi connectivity index (χ1n) is 10.7. The van der Waals surface area contributed by atoms with Gasteiger partial charge in [-0.25, -0.2) is 0 Å². The summed E-state index contributed by atoms with van der Waals surface area (Å²) in [5, 5.41) is 0. The van der Waals surface area contributed by atoms with Gasteiger partial charge >= 0.3 is 0 Å². The van der Waals surface area contributed by atoms with E-state index in [1.54, 1.807) is 0 Å². The SMILES string of the molecule is CC(C)(C)[S+]([O-])N=CCCC1(C2CCCCCCCCCC2)OCCO1. The van der Waals surface area contributed by atoms with Crippen LogP contribution < -0.4 is 0 Å². The molecule has 4 nitrogen and oxygen atoms in total. The molecule has 1 saturated carbocycles. The maximum Gasteiger partial charge on any atom is 0.171 e. The average molecular weight is 386 g/mol. The Bertz CT molecular complexity index is 404. The van der Waals surface area contributed by atoms with Crippen molar-refractivity contribution in [2.24, 2.45) is 10.3 Å². The number of rotatable bonds is 5. The van der Waals surface area contributed by atoms with Gasteiger partial charge in [0.2, 0.25) is 0 Å². The first kappa shape index (κ1) is 22.2. The van der Waals surface area contributed by atoms with Crippen molar-refractivity contribution in [1.82, 2.24) is 0 Å². The number of ether oxygens (including phenoxy) is 2. The van der Waals surface area contributed by atoms with Crippen molar-refractivity contribution in [3.63, 3.8) is 0 Å². The molecule has 5 heteroatoms. The van der Waals surface area contributed by atoms with E-state index in [1.165, 1.54) is 64.2 Å². The molecule has 1 heterocycles. The maximum absolute atomic E-state index is 12.1. The van der Waals surface area contributed by atoms with Gasteiger partial charge in [-0.2, -0.15) is 0 Å². The van der Waals surface area contributed by atoms with Gasteiger partial charge in [-0.3, -0.25) is 0 Å². The molecule has 0 aromatic rings. The second kappa shape index (κ2) is 11.0. The van der Waals surface area contributed by atoms with E-state index in [-0.39, 0.29) is 4.75 Å². The molecule has 1 aliphatic carbocycles. The van der Waals surface area contributed by atoms with Crippen molar-refractivity contribution >= 4 is 17.6 Å². The van der Waals surface area contributed by atoms with Gasteiger partial charge in [0, 0.05) is 12.3 Å². The van der Waals surface area contributed by atoms with Gasteiger partial charge in [-0.15, -0.1) is 0 Å². The minimum Gasteiger partial charge on any atom is -0.591 e. The van der Waals surface area contributed by atoms with Crippen LogP contribution in [-0.4, -0.2) is 34.5 Å². The van der Waals surface area contributed by atoms with E-state index >= 15 is 0 Å². The maximum atomic E-state index is 12.1. The molecule has 26 heavy (non-hydrogen) atoms. The minimum atomic E-state index is -1.18. The summed E-state index contributed by atoms with van der Waals surface area (Å²) < 4.78 is 28.4. The second-order valence-electron chi connectivity index (χ2n) is 8.80. The van der Waals surface area contributed by atoms with E-state index in [2.05, 4.69) is 4.40 Å². The summed E-state index contributed by atoms with van der Waals surface area (Å²) in [6.07, 6.45) is 16.5. The fraction of sp³-hybridized carbons (Fsp3) is 0.952. The molecule has 152 valence electrons. The zero-order valence-electron chi connectivity index (χ0n) is 17.1. The van der Waals surface area contributed by atoms with E-state index in [9.17, 15) is 4.55 Å². The highest BCUT2D eigenvalue weighted by Gasteiger charge is 2.43. The standard InChI is InChI=1S/C21H39NO3S/c1-20(2,3)26(23)22-16-12-15-21(24-17-18-25-21)19-13-10-8-6-4-5-7-9-11-14-19/h16,19H,4-15,17-18H2,1-3H3. The van der Waals surface area contributed by atoms with E-state index in [0.717, 1.165) is 12.8 Å². The van der Waals surface area contributed by atoms with Crippen molar-refractivity contribution in [3.8, 4) is 0 Å². The largest absolute Gasteiger partial charge is 0.591 e. The first-order valence-corrected chi connectivity index (χ1v) is 11.8. The average Bonchev–Trinajstić information content (AvgIpc) is 3.04.